The number of hydrogen-bond acceptors (Lipinski definition) is 3. The molecule has 0 unspecified atom stereocenters. The van der Waals surface area contributed by atoms with Gasteiger partial charge >= 0.3 is 6.18 Å². The van der Waals surface area contributed by atoms with Gasteiger partial charge in [0.05, 0.1) is 5.69 Å². The molecule has 0 spiro atoms. The highest BCUT2D eigenvalue weighted by Gasteiger charge is 2.39. The lowest BCUT2D eigenvalue weighted by molar-refractivity contribution is -0.147. The van der Waals surface area contributed by atoms with E-state index in [1.165, 1.54) is 11.8 Å². The second-order valence-electron chi connectivity index (χ2n) is 5.73. The molecule has 0 aliphatic carbocycles. The largest absolute Gasteiger partial charge is 0.404 e. The Morgan fingerprint density at radius 2 is 1.86 bits per heavy atom. The van der Waals surface area contributed by atoms with Crippen LogP contribution in [0.25, 0.3) is 0 Å². The summed E-state index contributed by atoms with van der Waals surface area (Å²) in [6.45, 7) is 0.620. The summed E-state index contributed by atoms with van der Waals surface area (Å²) >= 11 is 5.41. The van der Waals surface area contributed by atoms with Gasteiger partial charge in [-0.3, -0.25) is 4.79 Å². The monoisotopic (exact) mass is 445 g/mol. The van der Waals surface area contributed by atoms with Gasteiger partial charge in [0.15, 0.2) is 5.82 Å². The molecule has 0 saturated carbocycles. The number of carbonyl (C=O) groups excluding carboxylic acids is 1. The number of anilines is 1. The van der Waals surface area contributed by atoms with Crippen molar-refractivity contribution in [2.24, 2.45) is 7.05 Å². The first-order chi connectivity index (χ1) is 12.7. The topological polar surface area (TPSA) is 80.2 Å². The van der Waals surface area contributed by atoms with Crippen molar-refractivity contribution in [3.05, 3.63) is 46.7 Å². The maximum Gasteiger partial charge on any atom is 0.404 e. The number of amides is 1. The number of carbonyl (C=O) groups is 1. The molecule has 1 aromatic heterocycles. The van der Waals surface area contributed by atoms with Gasteiger partial charge in [-0.1, -0.05) is 11.6 Å². The molecular formula is C15H13ClF5N3O3S. The van der Waals surface area contributed by atoms with Crippen molar-refractivity contribution in [2.75, 3.05) is 5.32 Å². The van der Waals surface area contributed by atoms with Crippen LogP contribution in [-0.4, -0.2) is 31.1 Å². The van der Waals surface area contributed by atoms with Gasteiger partial charge in [-0.25, -0.2) is 17.2 Å². The molecule has 0 saturated heterocycles. The molecule has 0 radical (unpaired) electrons. The van der Waals surface area contributed by atoms with E-state index in [2.05, 4.69) is 5.32 Å². The molecule has 1 heterocycles. The van der Waals surface area contributed by atoms with Crippen molar-refractivity contribution in [2.45, 2.75) is 24.0 Å². The fraction of sp³-hybridized carbons (Fsp3) is 0.267. The smallest absolute Gasteiger partial charge is 0.345 e. The Hall–Kier alpha value is -2.18. The van der Waals surface area contributed by atoms with Crippen LogP contribution < -0.4 is 10.0 Å². The van der Waals surface area contributed by atoms with E-state index in [-0.39, 0.29) is 5.69 Å². The van der Waals surface area contributed by atoms with Crippen LogP contribution >= 0.6 is 11.6 Å². The molecule has 6 nitrogen and oxygen atoms in total. The van der Waals surface area contributed by atoms with Gasteiger partial charge in [0, 0.05) is 13.2 Å². The van der Waals surface area contributed by atoms with E-state index in [4.69, 9.17) is 11.6 Å². The molecule has 154 valence electrons. The molecule has 2 aromatic rings. The summed E-state index contributed by atoms with van der Waals surface area (Å²) < 4.78 is 91.4. The lowest BCUT2D eigenvalue weighted by Crippen LogP contribution is -2.42. The van der Waals surface area contributed by atoms with E-state index < -0.39 is 55.4 Å². The summed E-state index contributed by atoms with van der Waals surface area (Å²) in [5.74, 6) is -3.28. The molecule has 1 atom stereocenters. The first-order valence-corrected chi connectivity index (χ1v) is 9.30. The Balaban J connectivity index is 2.29. The summed E-state index contributed by atoms with van der Waals surface area (Å²) in [6, 6.07) is 0.167. The van der Waals surface area contributed by atoms with E-state index >= 15 is 0 Å². The first kappa shape index (κ1) is 22.1. The Morgan fingerprint density at radius 3 is 2.43 bits per heavy atom. The van der Waals surface area contributed by atoms with E-state index in [0.29, 0.717) is 6.92 Å². The summed E-state index contributed by atoms with van der Waals surface area (Å²) in [6.07, 6.45) is -3.89. The number of nitrogens with one attached hydrogen (secondary N) is 2. The third-order valence-electron chi connectivity index (χ3n) is 3.63. The number of rotatable bonds is 5. The Morgan fingerprint density at radius 1 is 1.25 bits per heavy atom. The predicted octanol–water partition coefficient (Wildman–Crippen LogP) is 3.44. The highest BCUT2D eigenvalue weighted by Crippen LogP contribution is 2.26. The van der Waals surface area contributed by atoms with Crippen molar-refractivity contribution in [1.82, 2.24) is 9.29 Å². The number of halogens is 6. The van der Waals surface area contributed by atoms with Gasteiger partial charge in [0.2, 0.25) is 10.0 Å². The number of alkyl halides is 3. The van der Waals surface area contributed by atoms with Gasteiger partial charge in [-0.05, 0) is 25.1 Å². The predicted molar refractivity (Wildman–Crippen MR) is 90.6 cm³/mol. The molecule has 0 bridgehead atoms. The zero-order valence-electron chi connectivity index (χ0n) is 14.2. The quantitative estimate of drug-likeness (QED) is 0.546. The van der Waals surface area contributed by atoms with Gasteiger partial charge in [-0.15, -0.1) is 0 Å². The van der Waals surface area contributed by atoms with Gasteiger partial charge in [-0.2, -0.15) is 17.9 Å². The van der Waals surface area contributed by atoms with Crippen LogP contribution in [0.15, 0.2) is 29.3 Å². The standard InChI is InChI=1S/C15H13ClF5N3O3S/c1-7(15(19,20)21)23-28(26,27)8-5-11(24(2)6-8)14(25)22-10-4-3-9(17)12(16)13(10)18/h3-7,23H,1-2H3,(H,22,25)/t7-/m1/s1. The van der Waals surface area contributed by atoms with Crippen LogP contribution in [0.3, 0.4) is 0 Å². The zero-order valence-corrected chi connectivity index (χ0v) is 15.8. The minimum absolute atomic E-state index is 0.306. The first-order valence-electron chi connectivity index (χ1n) is 7.44. The third-order valence-corrected chi connectivity index (χ3v) is 5.48. The Labute approximate surface area is 161 Å². The van der Waals surface area contributed by atoms with Crippen molar-refractivity contribution < 1.29 is 35.2 Å². The second kappa shape index (κ2) is 7.68. The van der Waals surface area contributed by atoms with Crippen LogP contribution in [0, 0.1) is 11.6 Å². The van der Waals surface area contributed by atoms with Crippen molar-refractivity contribution >= 4 is 33.2 Å². The Bertz CT molecular complexity index is 1020. The van der Waals surface area contributed by atoms with E-state index in [1.54, 1.807) is 0 Å². The van der Waals surface area contributed by atoms with Crippen LogP contribution in [0.5, 0.6) is 0 Å². The molecule has 13 heteroatoms. The Kier molecular flexibility index (Phi) is 6.07. The average molecular weight is 446 g/mol. The van der Waals surface area contributed by atoms with E-state index in [1.807, 2.05) is 0 Å². The van der Waals surface area contributed by atoms with Crippen molar-refractivity contribution in [3.8, 4) is 0 Å². The molecule has 0 aliphatic heterocycles. The fourth-order valence-corrected chi connectivity index (χ4v) is 3.55. The lowest BCUT2D eigenvalue weighted by atomic mass is 10.2. The molecule has 0 fully saturated rings. The number of hydrogen-bond donors (Lipinski definition) is 2. The van der Waals surface area contributed by atoms with E-state index in [0.717, 1.165) is 29.0 Å². The maximum absolute atomic E-state index is 13.9. The van der Waals surface area contributed by atoms with Gasteiger partial charge in [0.1, 0.15) is 27.5 Å². The van der Waals surface area contributed by atoms with Crippen LogP contribution in [-0.2, 0) is 17.1 Å². The molecule has 2 rings (SSSR count). The van der Waals surface area contributed by atoms with Gasteiger partial charge in [0.25, 0.3) is 5.91 Å². The summed E-state index contributed by atoms with van der Waals surface area (Å²) in [7, 11) is -3.33. The number of aryl methyl sites for hydroxylation is 1. The number of aromatic nitrogens is 1. The number of sulfonamides is 1. The van der Waals surface area contributed by atoms with Crippen LogP contribution in [0.4, 0.5) is 27.6 Å². The van der Waals surface area contributed by atoms with E-state index in [9.17, 15) is 35.2 Å². The van der Waals surface area contributed by atoms with Crippen molar-refractivity contribution in [3.63, 3.8) is 0 Å². The van der Waals surface area contributed by atoms with Crippen LogP contribution in [0.2, 0.25) is 5.02 Å². The highest BCUT2D eigenvalue weighted by atomic mass is 35.5. The number of benzene rings is 1. The van der Waals surface area contributed by atoms with Crippen LogP contribution in [0.1, 0.15) is 17.4 Å². The highest BCUT2D eigenvalue weighted by molar-refractivity contribution is 7.89. The molecule has 1 aromatic carbocycles. The summed E-state index contributed by atoms with van der Waals surface area (Å²) in [5.41, 5.74) is -0.772. The number of nitrogens with zero attached hydrogens (tertiary/aromatic N) is 1. The second-order valence-corrected chi connectivity index (χ2v) is 7.83. The zero-order chi connectivity index (χ0) is 21.4. The minimum atomic E-state index is -4.80. The molecule has 1 amide bonds. The fourth-order valence-electron chi connectivity index (χ4n) is 2.08. The summed E-state index contributed by atoms with van der Waals surface area (Å²) in [5, 5.41) is 1.24. The van der Waals surface area contributed by atoms with Gasteiger partial charge < -0.3 is 9.88 Å². The van der Waals surface area contributed by atoms with Crippen molar-refractivity contribution in [1.29, 1.82) is 0 Å². The SMILES string of the molecule is C[C@@H](NS(=O)(=O)c1cc(C(=O)Nc2ccc(F)c(Cl)c2F)n(C)c1)C(F)(F)F. The average Bonchev–Trinajstić information content (AvgIpc) is 2.97. The molecule has 2 N–H and O–H groups in total. The minimum Gasteiger partial charge on any atom is -0.345 e. The summed E-state index contributed by atoms with van der Waals surface area (Å²) in [4.78, 5) is 11.7. The molecule has 0 aliphatic rings. The maximum atomic E-state index is 13.9. The normalized spacial score (nSPS) is 13.4. The lowest BCUT2D eigenvalue weighted by Gasteiger charge is -2.16. The third kappa shape index (κ3) is 4.62. The molecule has 28 heavy (non-hydrogen) atoms. The molecular weight excluding hydrogens is 433 g/mol.